The van der Waals surface area contributed by atoms with Gasteiger partial charge in [-0.2, -0.15) is 0 Å². The molecule has 0 rings (SSSR count). The SMILES string of the molecule is CCCCCCC/C=C\C/C=C\CCCCCCCCCCCCCCCCCCCCCCCC(=O)OCC(COC(=O)CCCCCCCCCC)OC(=O)CCCCCCCCCCCCCCCC. The summed E-state index contributed by atoms with van der Waals surface area (Å²) >= 11 is 0. The second-order valence-electron chi connectivity index (χ2n) is 22.4. The standard InChI is InChI=1S/C67H126O6/c1-4-7-10-13-16-19-21-23-25-26-27-28-29-30-31-32-33-34-35-36-37-38-39-40-41-42-43-45-46-48-51-54-57-60-66(69)72-63-64(62-71-65(68)59-56-53-50-18-15-12-9-6-3)73-67(70)61-58-55-52-49-47-44-24-22-20-17-14-11-8-5-2/h21,23,26-27,64H,4-20,22,24-25,28-63H2,1-3H3/b23-21-,27-26-. The largest absolute Gasteiger partial charge is 0.462 e. The van der Waals surface area contributed by atoms with Crippen molar-refractivity contribution >= 4 is 17.9 Å². The molecule has 0 saturated carbocycles. The van der Waals surface area contributed by atoms with Crippen molar-refractivity contribution in [2.45, 2.75) is 374 Å². The summed E-state index contributed by atoms with van der Waals surface area (Å²) in [6, 6.07) is 0. The highest BCUT2D eigenvalue weighted by atomic mass is 16.6. The minimum Gasteiger partial charge on any atom is -0.462 e. The number of ether oxygens (including phenoxy) is 3. The number of carbonyl (C=O) groups excluding carboxylic acids is 3. The zero-order chi connectivity index (χ0) is 52.9. The van der Waals surface area contributed by atoms with Gasteiger partial charge in [0.2, 0.25) is 0 Å². The van der Waals surface area contributed by atoms with E-state index in [1.807, 2.05) is 0 Å². The highest BCUT2D eigenvalue weighted by Crippen LogP contribution is 2.18. The lowest BCUT2D eigenvalue weighted by Crippen LogP contribution is -2.30. The van der Waals surface area contributed by atoms with Gasteiger partial charge < -0.3 is 14.2 Å². The zero-order valence-electron chi connectivity index (χ0n) is 49.4. The molecule has 0 saturated heterocycles. The van der Waals surface area contributed by atoms with Crippen LogP contribution in [0.2, 0.25) is 0 Å². The fourth-order valence-electron chi connectivity index (χ4n) is 10.0. The van der Waals surface area contributed by atoms with Crippen LogP contribution >= 0.6 is 0 Å². The molecule has 1 atom stereocenters. The highest BCUT2D eigenvalue weighted by molar-refractivity contribution is 5.71. The number of hydrogen-bond acceptors (Lipinski definition) is 6. The molecule has 0 aliphatic rings. The number of carbonyl (C=O) groups is 3. The molecule has 0 aromatic rings. The molecule has 0 fully saturated rings. The first-order valence-corrected chi connectivity index (χ1v) is 32.8. The van der Waals surface area contributed by atoms with Crippen molar-refractivity contribution in [1.82, 2.24) is 0 Å². The van der Waals surface area contributed by atoms with E-state index in [0.717, 1.165) is 64.2 Å². The van der Waals surface area contributed by atoms with E-state index in [0.29, 0.717) is 19.3 Å². The Labute approximate surface area is 455 Å². The van der Waals surface area contributed by atoms with Crippen LogP contribution in [0.3, 0.4) is 0 Å². The number of unbranched alkanes of at least 4 members (excludes halogenated alkanes) is 46. The maximum absolute atomic E-state index is 12.8. The van der Waals surface area contributed by atoms with Gasteiger partial charge in [-0.25, -0.2) is 0 Å². The monoisotopic (exact) mass is 1030 g/mol. The lowest BCUT2D eigenvalue weighted by molar-refractivity contribution is -0.167. The van der Waals surface area contributed by atoms with Gasteiger partial charge in [0.1, 0.15) is 13.2 Å². The second-order valence-corrected chi connectivity index (χ2v) is 22.4. The van der Waals surface area contributed by atoms with Gasteiger partial charge in [0, 0.05) is 19.3 Å². The summed E-state index contributed by atoms with van der Waals surface area (Å²) in [5.74, 6) is -0.843. The Balaban J connectivity index is 3.95. The van der Waals surface area contributed by atoms with Gasteiger partial charge in [-0.1, -0.05) is 321 Å². The van der Waals surface area contributed by atoms with E-state index in [1.54, 1.807) is 0 Å². The third-order valence-electron chi connectivity index (χ3n) is 15.0. The average molecular weight is 1030 g/mol. The molecule has 73 heavy (non-hydrogen) atoms. The molecule has 0 aromatic carbocycles. The van der Waals surface area contributed by atoms with Crippen LogP contribution in [0.5, 0.6) is 0 Å². The summed E-state index contributed by atoms with van der Waals surface area (Å²) in [5.41, 5.74) is 0. The molecule has 1 unspecified atom stereocenters. The Morgan fingerprint density at radius 3 is 0.753 bits per heavy atom. The first kappa shape index (κ1) is 70.9. The number of rotatable bonds is 61. The number of hydrogen-bond donors (Lipinski definition) is 0. The second kappa shape index (κ2) is 62.4. The fraction of sp³-hybridized carbons (Fsp3) is 0.896. The van der Waals surface area contributed by atoms with Crippen molar-refractivity contribution in [3.8, 4) is 0 Å². The van der Waals surface area contributed by atoms with E-state index < -0.39 is 6.10 Å². The zero-order valence-corrected chi connectivity index (χ0v) is 49.4. The van der Waals surface area contributed by atoms with Crippen LogP contribution in [0.1, 0.15) is 367 Å². The maximum atomic E-state index is 12.8. The van der Waals surface area contributed by atoms with Crippen LogP contribution in [0.15, 0.2) is 24.3 Å². The molecule has 0 spiro atoms. The molecule has 0 radical (unpaired) electrons. The molecule has 0 bridgehead atoms. The molecule has 0 aliphatic carbocycles. The van der Waals surface area contributed by atoms with Crippen LogP contribution in [-0.2, 0) is 28.6 Å². The van der Waals surface area contributed by atoms with Crippen LogP contribution in [0.4, 0.5) is 0 Å². The maximum Gasteiger partial charge on any atom is 0.306 e. The van der Waals surface area contributed by atoms with Crippen molar-refractivity contribution in [3.63, 3.8) is 0 Å². The third-order valence-corrected chi connectivity index (χ3v) is 15.0. The summed E-state index contributed by atoms with van der Waals surface area (Å²) in [7, 11) is 0. The first-order chi connectivity index (χ1) is 36.0. The van der Waals surface area contributed by atoms with Gasteiger partial charge in [-0.05, 0) is 51.4 Å². The molecule has 0 aliphatic heterocycles. The van der Waals surface area contributed by atoms with Crippen LogP contribution in [0, 0.1) is 0 Å². The van der Waals surface area contributed by atoms with Crippen LogP contribution in [0.25, 0.3) is 0 Å². The first-order valence-electron chi connectivity index (χ1n) is 32.8. The molecule has 0 N–H and O–H groups in total. The lowest BCUT2D eigenvalue weighted by atomic mass is 10.0. The van der Waals surface area contributed by atoms with E-state index in [2.05, 4.69) is 45.1 Å². The average Bonchev–Trinajstić information content (AvgIpc) is 3.39. The molecule has 0 amide bonds. The van der Waals surface area contributed by atoms with Crippen LogP contribution in [-0.4, -0.2) is 37.2 Å². The van der Waals surface area contributed by atoms with Crippen molar-refractivity contribution in [1.29, 1.82) is 0 Å². The molecular weight excluding hydrogens is 901 g/mol. The molecule has 6 nitrogen and oxygen atoms in total. The minimum absolute atomic E-state index is 0.0639. The molecular formula is C67H126O6. The van der Waals surface area contributed by atoms with Crippen molar-refractivity contribution in [3.05, 3.63) is 24.3 Å². The lowest BCUT2D eigenvalue weighted by Gasteiger charge is -2.18. The normalized spacial score (nSPS) is 12.1. The van der Waals surface area contributed by atoms with Crippen molar-refractivity contribution < 1.29 is 28.6 Å². The van der Waals surface area contributed by atoms with Gasteiger partial charge in [0.25, 0.3) is 0 Å². The fourth-order valence-corrected chi connectivity index (χ4v) is 10.0. The Bertz CT molecular complexity index is 1180. The topological polar surface area (TPSA) is 78.9 Å². The number of allylic oxidation sites excluding steroid dienone is 4. The minimum atomic E-state index is -0.763. The van der Waals surface area contributed by atoms with Gasteiger partial charge in [0.15, 0.2) is 6.10 Å². The van der Waals surface area contributed by atoms with Gasteiger partial charge >= 0.3 is 17.9 Å². The predicted molar refractivity (Wildman–Crippen MR) is 316 cm³/mol. The van der Waals surface area contributed by atoms with Gasteiger partial charge in [-0.3, -0.25) is 14.4 Å². The molecule has 0 aromatic heterocycles. The predicted octanol–water partition coefficient (Wildman–Crippen LogP) is 22.2. The highest BCUT2D eigenvalue weighted by Gasteiger charge is 2.19. The smallest absolute Gasteiger partial charge is 0.306 e. The molecule has 430 valence electrons. The summed E-state index contributed by atoms with van der Waals surface area (Å²) in [6.45, 7) is 6.66. The Morgan fingerprint density at radius 2 is 0.493 bits per heavy atom. The van der Waals surface area contributed by atoms with E-state index in [-0.39, 0.29) is 31.1 Å². The summed E-state index contributed by atoms with van der Waals surface area (Å²) in [4.78, 5) is 38.0. The van der Waals surface area contributed by atoms with Crippen molar-refractivity contribution in [2.24, 2.45) is 0 Å². The summed E-state index contributed by atoms with van der Waals surface area (Å²) < 4.78 is 16.8. The van der Waals surface area contributed by atoms with Gasteiger partial charge in [-0.15, -0.1) is 0 Å². The molecule has 0 heterocycles. The van der Waals surface area contributed by atoms with E-state index in [4.69, 9.17) is 14.2 Å². The number of esters is 3. The van der Waals surface area contributed by atoms with E-state index in [1.165, 1.54) is 263 Å². The Kier molecular flexibility index (Phi) is 60.6. The molecule has 6 heteroatoms. The summed E-state index contributed by atoms with van der Waals surface area (Å²) in [6.07, 6.45) is 75.1. The van der Waals surface area contributed by atoms with E-state index in [9.17, 15) is 14.4 Å². The van der Waals surface area contributed by atoms with Crippen molar-refractivity contribution in [2.75, 3.05) is 13.2 Å². The van der Waals surface area contributed by atoms with E-state index >= 15 is 0 Å². The third kappa shape index (κ3) is 60.6. The van der Waals surface area contributed by atoms with Gasteiger partial charge in [0.05, 0.1) is 0 Å². The Morgan fingerprint density at radius 1 is 0.274 bits per heavy atom. The summed E-state index contributed by atoms with van der Waals surface area (Å²) in [5, 5.41) is 0. The quantitative estimate of drug-likeness (QED) is 0.0261. The Hall–Kier alpha value is -2.11. The van der Waals surface area contributed by atoms with Crippen LogP contribution < -0.4 is 0 Å².